The Labute approximate surface area is 108 Å². The molecule has 0 aromatic heterocycles. The highest BCUT2D eigenvalue weighted by Gasteiger charge is 2.02. The van der Waals surface area contributed by atoms with Gasteiger partial charge in [-0.2, -0.15) is 0 Å². The number of hydrogen-bond acceptors (Lipinski definition) is 2. The second kappa shape index (κ2) is 7.82. The fourth-order valence-corrected chi connectivity index (χ4v) is 1.61. The highest BCUT2D eigenvalue weighted by molar-refractivity contribution is 5.75. The van der Waals surface area contributed by atoms with E-state index >= 15 is 0 Å². The van der Waals surface area contributed by atoms with Gasteiger partial charge in [-0.25, -0.2) is 4.39 Å². The summed E-state index contributed by atoms with van der Waals surface area (Å²) >= 11 is 0. The predicted molar refractivity (Wildman–Crippen MR) is 70.8 cm³/mol. The molecular weight excluding hydrogens is 231 g/mol. The number of hydrogen-bond donors (Lipinski definition) is 2. The summed E-state index contributed by atoms with van der Waals surface area (Å²) < 4.78 is 13.0. The second-order valence-electron chi connectivity index (χ2n) is 4.35. The molecule has 0 bridgehead atoms. The number of nitrogens with one attached hydrogen (secondary N) is 2. The third kappa shape index (κ3) is 5.27. The molecule has 3 nitrogen and oxygen atoms in total. The fraction of sp³-hybridized carbons (Fsp3) is 0.500. The van der Waals surface area contributed by atoms with Crippen molar-refractivity contribution in [3.05, 3.63) is 35.1 Å². The van der Waals surface area contributed by atoms with Gasteiger partial charge in [0.25, 0.3) is 0 Å². The van der Waals surface area contributed by atoms with Crippen LogP contribution in [0.5, 0.6) is 0 Å². The number of rotatable bonds is 7. The fourth-order valence-electron chi connectivity index (χ4n) is 1.61. The van der Waals surface area contributed by atoms with Crippen LogP contribution in [0.25, 0.3) is 0 Å². The summed E-state index contributed by atoms with van der Waals surface area (Å²) in [5.41, 5.74) is 1.99. The lowest BCUT2D eigenvalue weighted by Gasteiger charge is -2.08. The van der Waals surface area contributed by atoms with E-state index in [-0.39, 0.29) is 11.7 Å². The number of amides is 1. The van der Waals surface area contributed by atoms with Gasteiger partial charge in [0.2, 0.25) is 5.91 Å². The Kier molecular flexibility index (Phi) is 6.36. The van der Waals surface area contributed by atoms with Crippen molar-refractivity contribution >= 4 is 5.91 Å². The molecule has 4 heteroatoms. The minimum Gasteiger partial charge on any atom is -0.356 e. The maximum atomic E-state index is 13.0. The van der Waals surface area contributed by atoms with Crippen molar-refractivity contribution in [2.45, 2.75) is 33.2 Å². The first-order valence-electron chi connectivity index (χ1n) is 6.36. The lowest BCUT2D eigenvalue weighted by Crippen LogP contribution is -2.28. The van der Waals surface area contributed by atoms with Crippen LogP contribution < -0.4 is 10.6 Å². The van der Waals surface area contributed by atoms with Crippen molar-refractivity contribution in [3.8, 4) is 0 Å². The van der Waals surface area contributed by atoms with E-state index in [0.29, 0.717) is 19.5 Å². The van der Waals surface area contributed by atoms with Crippen LogP contribution in [-0.2, 0) is 11.3 Å². The Morgan fingerprint density at radius 3 is 2.83 bits per heavy atom. The molecule has 0 atom stereocenters. The predicted octanol–water partition coefficient (Wildman–Crippen LogP) is 2.14. The van der Waals surface area contributed by atoms with E-state index in [1.807, 2.05) is 13.8 Å². The molecule has 18 heavy (non-hydrogen) atoms. The van der Waals surface area contributed by atoms with Gasteiger partial charge in [0, 0.05) is 26.1 Å². The van der Waals surface area contributed by atoms with Crippen molar-refractivity contribution in [2.24, 2.45) is 0 Å². The third-order valence-corrected chi connectivity index (χ3v) is 2.73. The van der Waals surface area contributed by atoms with E-state index in [9.17, 15) is 9.18 Å². The average molecular weight is 252 g/mol. The number of halogens is 1. The minimum absolute atomic E-state index is 0.0558. The number of benzene rings is 1. The quantitative estimate of drug-likeness (QED) is 0.730. The van der Waals surface area contributed by atoms with Gasteiger partial charge < -0.3 is 10.6 Å². The lowest BCUT2D eigenvalue weighted by molar-refractivity contribution is -0.120. The Morgan fingerprint density at radius 1 is 1.33 bits per heavy atom. The molecule has 1 aromatic rings. The van der Waals surface area contributed by atoms with Crippen LogP contribution in [0.3, 0.4) is 0 Å². The second-order valence-corrected chi connectivity index (χ2v) is 4.35. The zero-order chi connectivity index (χ0) is 13.4. The topological polar surface area (TPSA) is 41.1 Å². The maximum Gasteiger partial charge on any atom is 0.221 e. The molecule has 1 rings (SSSR count). The molecule has 1 aromatic carbocycles. The van der Waals surface area contributed by atoms with Gasteiger partial charge in [0.15, 0.2) is 0 Å². The molecular formula is C14H21FN2O. The first-order valence-corrected chi connectivity index (χ1v) is 6.36. The molecule has 0 saturated heterocycles. The smallest absolute Gasteiger partial charge is 0.221 e. The summed E-state index contributed by atoms with van der Waals surface area (Å²) in [6.07, 6.45) is 1.40. The first kappa shape index (κ1) is 14.6. The van der Waals surface area contributed by atoms with Gasteiger partial charge in [-0.05, 0) is 36.6 Å². The highest BCUT2D eigenvalue weighted by atomic mass is 19.1. The average Bonchev–Trinajstić information content (AvgIpc) is 2.36. The molecule has 0 aliphatic carbocycles. The van der Waals surface area contributed by atoms with Gasteiger partial charge >= 0.3 is 0 Å². The molecule has 2 N–H and O–H groups in total. The molecule has 0 aliphatic heterocycles. The summed E-state index contributed by atoms with van der Waals surface area (Å²) in [5, 5.41) is 5.96. The van der Waals surface area contributed by atoms with Crippen molar-refractivity contribution in [3.63, 3.8) is 0 Å². The summed E-state index contributed by atoms with van der Waals surface area (Å²) in [4.78, 5) is 11.3. The standard InChI is InChI=1S/C14H21FN2O/c1-3-7-17-14(18)6-8-16-10-12-9-13(15)5-4-11(12)2/h4-5,9,16H,3,6-8,10H2,1-2H3,(H,17,18). The summed E-state index contributed by atoms with van der Waals surface area (Å²) in [5.74, 6) is -0.168. The van der Waals surface area contributed by atoms with E-state index in [1.165, 1.54) is 12.1 Å². The largest absolute Gasteiger partial charge is 0.356 e. The van der Waals surface area contributed by atoms with Crippen LogP contribution in [-0.4, -0.2) is 19.0 Å². The number of carbonyl (C=O) groups excluding carboxylic acids is 1. The van der Waals surface area contributed by atoms with Crippen LogP contribution in [0, 0.1) is 12.7 Å². The lowest BCUT2D eigenvalue weighted by atomic mass is 10.1. The van der Waals surface area contributed by atoms with E-state index in [2.05, 4.69) is 10.6 Å². The SMILES string of the molecule is CCCNC(=O)CCNCc1cc(F)ccc1C. The molecule has 0 spiro atoms. The highest BCUT2D eigenvalue weighted by Crippen LogP contribution is 2.09. The third-order valence-electron chi connectivity index (χ3n) is 2.73. The Balaban J connectivity index is 2.25. The number of carbonyl (C=O) groups is 1. The van der Waals surface area contributed by atoms with Gasteiger partial charge in [-0.1, -0.05) is 13.0 Å². The number of aryl methyl sites for hydroxylation is 1. The summed E-state index contributed by atoms with van der Waals surface area (Å²) in [7, 11) is 0. The van der Waals surface area contributed by atoms with E-state index < -0.39 is 0 Å². The summed E-state index contributed by atoms with van der Waals surface area (Å²) in [6, 6.07) is 4.75. The Morgan fingerprint density at radius 2 is 2.11 bits per heavy atom. The van der Waals surface area contributed by atoms with Crippen molar-refractivity contribution in [1.82, 2.24) is 10.6 Å². The zero-order valence-electron chi connectivity index (χ0n) is 11.1. The van der Waals surface area contributed by atoms with Gasteiger partial charge in [0.1, 0.15) is 5.82 Å². The molecule has 0 fully saturated rings. The first-order chi connectivity index (χ1) is 8.63. The van der Waals surface area contributed by atoms with Crippen molar-refractivity contribution in [2.75, 3.05) is 13.1 Å². The van der Waals surface area contributed by atoms with E-state index in [4.69, 9.17) is 0 Å². The summed E-state index contributed by atoms with van der Waals surface area (Å²) in [6.45, 7) is 5.88. The maximum absolute atomic E-state index is 13.0. The van der Waals surface area contributed by atoms with Crippen molar-refractivity contribution in [1.29, 1.82) is 0 Å². The molecule has 0 heterocycles. The van der Waals surface area contributed by atoms with Crippen molar-refractivity contribution < 1.29 is 9.18 Å². The van der Waals surface area contributed by atoms with Gasteiger partial charge in [0.05, 0.1) is 0 Å². The van der Waals surface area contributed by atoms with Gasteiger partial charge in [-0.15, -0.1) is 0 Å². The Bertz CT molecular complexity index is 393. The monoisotopic (exact) mass is 252 g/mol. The van der Waals surface area contributed by atoms with Crippen LogP contribution in [0.4, 0.5) is 4.39 Å². The van der Waals surface area contributed by atoms with E-state index in [0.717, 1.165) is 24.1 Å². The Hall–Kier alpha value is -1.42. The van der Waals surface area contributed by atoms with E-state index in [1.54, 1.807) is 6.07 Å². The molecule has 0 unspecified atom stereocenters. The molecule has 1 amide bonds. The molecule has 0 saturated carbocycles. The van der Waals surface area contributed by atoms with Crippen LogP contribution in [0.1, 0.15) is 30.9 Å². The zero-order valence-corrected chi connectivity index (χ0v) is 11.1. The van der Waals surface area contributed by atoms with Crippen LogP contribution >= 0.6 is 0 Å². The normalized spacial score (nSPS) is 10.4. The minimum atomic E-state index is -0.224. The molecule has 0 radical (unpaired) electrons. The van der Waals surface area contributed by atoms with Gasteiger partial charge in [-0.3, -0.25) is 4.79 Å². The van der Waals surface area contributed by atoms with Crippen LogP contribution in [0.15, 0.2) is 18.2 Å². The molecule has 100 valence electrons. The van der Waals surface area contributed by atoms with Crippen LogP contribution in [0.2, 0.25) is 0 Å². The molecule has 0 aliphatic rings.